The Balaban J connectivity index is 1.59. The average molecular weight is 448 g/mol. The molecule has 1 aliphatic carbocycles. The van der Waals surface area contributed by atoms with Crippen molar-refractivity contribution in [3.05, 3.63) is 28.8 Å². The van der Waals surface area contributed by atoms with Crippen LogP contribution in [0.5, 0.6) is 5.75 Å². The fourth-order valence-corrected chi connectivity index (χ4v) is 4.73. The van der Waals surface area contributed by atoms with Crippen molar-refractivity contribution in [1.29, 1.82) is 0 Å². The van der Waals surface area contributed by atoms with E-state index >= 15 is 0 Å². The molecule has 0 amide bonds. The Hall–Kier alpha value is -2.03. The molecule has 170 valence electrons. The maximum Gasteiger partial charge on any atom is 0.225 e. The molecule has 2 fully saturated rings. The Morgan fingerprint density at radius 1 is 1.06 bits per heavy atom. The zero-order chi connectivity index (χ0) is 21.7. The van der Waals surface area contributed by atoms with E-state index in [1.807, 2.05) is 12.1 Å². The number of benzene rings is 1. The number of hydrogen-bond acceptors (Lipinski definition) is 8. The van der Waals surface area contributed by atoms with Gasteiger partial charge in [-0.25, -0.2) is 4.99 Å². The summed E-state index contributed by atoms with van der Waals surface area (Å²) in [6.07, 6.45) is 9.39. The lowest BCUT2D eigenvalue weighted by Gasteiger charge is -2.35. The molecular formula is C22H34ClN7O. The van der Waals surface area contributed by atoms with Gasteiger partial charge in [-0.15, -0.1) is 0 Å². The predicted octanol–water partition coefficient (Wildman–Crippen LogP) is 2.39. The standard InChI is InChI=1S/C22H34ClN7O/c1-31-19-9-8-15(14-18(19)23)22(24)29-20(26-16-6-4-2-3-5-7-16)28-21(30-22)27-17-10-12-25-13-11-17/h8-9,14,16-17,25H,2-7,10-13,24H2,1H3,(H3,26,27,28,29,30). The molecule has 4 rings (SSSR count). The number of nitrogens with one attached hydrogen (secondary N) is 4. The molecule has 0 spiro atoms. The van der Waals surface area contributed by atoms with Crippen LogP contribution >= 0.6 is 11.6 Å². The minimum atomic E-state index is -1.18. The van der Waals surface area contributed by atoms with E-state index in [1.54, 1.807) is 13.2 Å². The van der Waals surface area contributed by atoms with Crippen LogP contribution in [0.1, 0.15) is 56.9 Å². The van der Waals surface area contributed by atoms with Gasteiger partial charge < -0.3 is 26.0 Å². The van der Waals surface area contributed by atoms with Crippen molar-refractivity contribution in [2.24, 2.45) is 15.7 Å². The van der Waals surface area contributed by atoms with E-state index in [9.17, 15) is 0 Å². The molecule has 1 aromatic carbocycles. The SMILES string of the molecule is COc1ccc(C2(N)N=C(NC3CCCCCC3)N=C(NC3CCNCC3)N2)cc1Cl. The zero-order valence-electron chi connectivity index (χ0n) is 18.2. The average Bonchev–Trinajstić information content (AvgIpc) is 3.03. The first kappa shape index (κ1) is 22.2. The second-order valence-electron chi connectivity index (χ2n) is 8.64. The van der Waals surface area contributed by atoms with Gasteiger partial charge in [0.2, 0.25) is 17.7 Å². The molecule has 9 heteroatoms. The molecule has 6 N–H and O–H groups in total. The topological polar surface area (TPSA) is 108 Å². The third kappa shape index (κ3) is 5.61. The first-order valence-corrected chi connectivity index (χ1v) is 11.8. The Bertz CT molecular complexity index is 816. The number of piperidine rings is 1. The highest BCUT2D eigenvalue weighted by Crippen LogP contribution is 2.30. The minimum absolute atomic E-state index is 0.341. The minimum Gasteiger partial charge on any atom is -0.495 e. The number of aliphatic imine (C=N–C) groups is 2. The summed E-state index contributed by atoms with van der Waals surface area (Å²) in [6, 6.07) is 6.21. The fourth-order valence-electron chi connectivity index (χ4n) is 4.47. The molecule has 31 heavy (non-hydrogen) atoms. The molecule has 1 atom stereocenters. The largest absolute Gasteiger partial charge is 0.495 e. The predicted molar refractivity (Wildman–Crippen MR) is 126 cm³/mol. The van der Waals surface area contributed by atoms with Gasteiger partial charge in [0, 0.05) is 17.6 Å². The molecule has 2 heterocycles. The van der Waals surface area contributed by atoms with Crippen LogP contribution in [0, 0.1) is 0 Å². The zero-order valence-corrected chi connectivity index (χ0v) is 19.0. The first-order valence-electron chi connectivity index (χ1n) is 11.4. The lowest BCUT2D eigenvalue weighted by Crippen LogP contribution is -2.61. The summed E-state index contributed by atoms with van der Waals surface area (Å²) in [7, 11) is 1.60. The van der Waals surface area contributed by atoms with Crippen molar-refractivity contribution in [2.75, 3.05) is 20.2 Å². The van der Waals surface area contributed by atoms with Gasteiger partial charge >= 0.3 is 0 Å². The van der Waals surface area contributed by atoms with E-state index in [1.165, 1.54) is 25.7 Å². The molecule has 1 saturated carbocycles. The van der Waals surface area contributed by atoms with E-state index in [-0.39, 0.29) is 0 Å². The van der Waals surface area contributed by atoms with Crippen LogP contribution in [0.2, 0.25) is 5.02 Å². The molecular weight excluding hydrogens is 414 g/mol. The van der Waals surface area contributed by atoms with Crippen molar-refractivity contribution >= 4 is 23.5 Å². The number of guanidine groups is 2. The van der Waals surface area contributed by atoms with Gasteiger partial charge in [0.25, 0.3) is 0 Å². The molecule has 0 aromatic heterocycles. The van der Waals surface area contributed by atoms with Crippen molar-refractivity contribution in [3.8, 4) is 5.75 Å². The molecule has 8 nitrogen and oxygen atoms in total. The number of ether oxygens (including phenoxy) is 1. The second-order valence-corrected chi connectivity index (χ2v) is 9.05. The maximum atomic E-state index is 6.79. The van der Waals surface area contributed by atoms with Crippen LogP contribution in [0.4, 0.5) is 0 Å². The summed E-state index contributed by atoms with van der Waals surface area (Å²) >= 11 is 6.39. The van der Waals surface area contributed by atoms with Gasteiger partial charge in [0.1, 0.15) is 5.75 Å². The van der Waals surface area contributed by atoms with Gasteiger partial charge in [-0.05, 0) is 57.0 Å². The van der Waals surface area contributed by atoms with Gasteiger partial charge in [0.15, 0.2) is 0 Å². The highest BCUT2D eigenvalue weighted by molar-refractivity contribution is 6.32. The van der Waals surface area contributed by atoms with E-state index in [0.717, 1.165) is 44.3 Å². The van der Waals surface area contributed by atoms with Gasteiger partial charge in [-0.3, -0.25) is 5.73 Å². The highest BCUT2D eigenvalue weighted by Gasteiger charge is 2.34. The summed E-state index contributed by atoms with van der Waals surface area (Å²) in [5, 5.41) is 14.3. The van der Waals surface area contributed by atoms with Crippen molar-refractivity contribution in [3.63, 3.8) is 0 Å². The molecule has 1 saturated heterocycles. The Morgan fingerprint density at radius 3 is 2.45 bits per heavy atom. The van der Waals surface area contributed by atoms with Crippen LogP contribution in [0.3, 0.4) is 0 Å². The van der Waals surface area contributed by atoms with Gasteiger partial charge in [0.05, 0.1) is 12.1 Å². The number of methoxy groups -OCH3 is 1. The smallest absolute Gasteiger partial charge is 0.225 e. The van der Waals surface area contributed by atoms with Crippen LogP contribution in [-0.2, 0) is 5.79 Å². The number of hydrogen-bond donors (Lipinski definition) is 5. The fraction of sp³-hybridized carbons (Fsp3) is 0.636. The lowest BCUT2D eigenvalue weighted by atomic mass is 10.1. The van der Waals surface area contributed by atoms with E-state index in [4.69, 9.17) is 32.1 Å². The molecule has 3 aliphatic rings. The maximum absolute atomic E-state index is 6.79. The van der Waals surface area contributed by atoms with Crippen LogP contribution < -0.4 is 31.7 Å². The van der Waals surface area contributed by atoms with Crippen molar-refractivity contribution in [2.45, 2.75) is 69.2 Å². The van der Waals surface area contributed by atoms with Crippen LogP contribution in [0.15, 0.2) is 28.2 Å². The number of nitrogens with two attached hydrogens (primary N) is 1. The highest BCUT2D eigenvalue weighted by atomic mass is 35.5. The first-order chi connectivity index (χ1) is 15.1. The van der Waals surface area contributed by atoms with E-state index in [2.05, 4.69) is 21.3 Å². The Kier molecular flexibility index (Phi) is 7.20. The third-order valence-electron chi connectivity index (χ3n) is 6.27. The second kappa shape index (κ2) is 10.1. The monoisotopic (exact) mass is 447 g/mol. The number of halogens is 1. The summed E-state index contributed by atoms with van der Waals surface area (Å²) in [5.41, 5.74) is 7.54. The molecule has 2 aliphatic heterocycles. The lowest BCUT2D eigenvalue weighted by molar-refractivity contribution is 0.387. The van der Waals surface area contributed by atoms with Crippen LogP contribution in [-0.4, -0.2) is 44.2 Å². The number of nitrogens with zero attached hydrogens (tertiary/aromatic N) is 2. The normalized spacial score (nSPS) is 25.6. The molecule has 0 bridgehead atoms. The third-order valence-corrected chi connectivity index (χ3v) is 6.56. The Labute approximate surface area is 189 Å². The van der Waals surface area contributed by atoms with Crippen molar-refractivity contribution < 1.29 is 4.74 Å². The quantitative estimate of drug-likeness (QED) is 0.453. The van der Waals surface area contributed by atoms with E-state index in [0.29, 0.717) is 34.8 Å². The molecule has 1 aromatic rings. The number of rotatable bonds is 4. The van der Waals surface area contributed by atoms with E-state index < -0.39 is 5.79 Å². The molecule has 0 radical (unpaired) electrons. The summed E-state index contributed by atoms with van der Waals surface area (Å²) in [4.78, 5) is 9.53. The van der Waals surface area contributed by atoms with Crippen molar-refractivity contribution in [1.82, 2.24) is 21.3 Å². The molecule has 1 unspecified atom stereocenters. The van der Waals surface area contributed by atoms with Gasteiger partial charge in [-0.1, -0.05) is 37.3 Å². The summed E-state index contributed by atoms with van der Waals surface area (Å²) in [6.45, 7) is 1.99. The summed E-state index contributed by atoms with van der Waals surface area (Å²) in [5.74, 6) is 0.635. The summed E-state index contributed by atoms with van der Waals surface area (Å²) < 4.78 is 5.29. The Morgan fingerprint density at radius 2 is 1.77 bits per heavy atom. The van der Waals surface area contributed by atoms with Crippen LogP contribution in [0.25, 0.3) is 0 Å². The van der Waals surface area contributed by atoms with Gasteiger partial charge in [-0.2, -0.15) is 4.99 Å².